The van der Waals surface area contributed by atoms with Gasteiger partial charge in [0.2, 0.25) is 0 Å². The van der Waals surface area contributed by atoms with Crippen molar-refractivity contribution in [1.29, 1.82) is 0 Å². The van der Waals surface area contributed by atoms with Gasteiger partial charge in [-0.1, -0.05) is 0 Å². The van der Waals surface area contributed by atoms with Crippen molar-refractivity contribution in [3.05, 3.63) is 52.3 Å². The summed E-state index contributed by atoms with van der Waals surface area (Å²) in [7, 11) is 0. The average molecular weight is 365 g/mol. The highest BCUT2D eigenvalue weighted by Gasteiger charge is 2.36. The lowest BCUT2D eigenvalue weighted by Crippen LogP contribution is -2.53. The summed E-state index contributed by atoms with van der Waals surface area (Å²) in [6, 6.07) is 5.70. The number of carbonyl (C=O) groups is 3. The van der Waals surface area contributed by atoms with Crippen LogP contribution in [0.2, 0.25) is 0 Å². The molecule has 1 aliphatic heterocycles. The predicted octanol–water partition coefficient (Wildman–Crippen LogP) is 2.30. The van der Waals surface area contributed by atoms with E-state index in [2.05, 4.69) is 21.2 Å². The summed E-state index contributed by atoms with van der Waals surface area (Å²) in [5.41, 5.74) is -0.187. The molecule has 2 aromatic rings. The zero-order valence-electron chi connectivity index (χ0n) is 11.0. The van der Waals surface area contributed by atoms with E-state index in [1.54, 1.807) is 24.3 Å². The van der Waals surface area contributed by atoms with Gasteiger partial charge in [0, 0.05) is 0 Å². The smallest absolute Gasteiger partial charge is 0.331 e. The highest BCUT2D eigenvalue weighted by atomic mass is 79.9. The minimum atomic E-state index is -0.788. The lowest BCUT2D eigenvalue weighted by molar-refractivity contribution is -0.130. The molecule has 4 amide bonds. The summed E-state index contributed by atoms with van der Waals surface area (Å²) >= 11 is 3.13. The average Bonchev–Trinajstić information content (AvgIpc) is 3.11. The van der Waals surface area contributed by atoms with E-state index in [1.165, 1.54) is 12.3 Å². The predicted molar refractivity (Wildman–Crippen MR) is 77.2 cm³/mol. The Kier molecular flexibility index (Phi) is 3.68. The zero-order chi connectivity index (χ0) is 15.7. The molecule has 8 heteroatoms. The zero-order valence-corrected chi connectivity index (χ0v) is 12.6. The standard InChI is InChI=1S/C14H9BrN2O5/c15-11-4-3-8(22-11)6-10-12(18)16-14(20)17(13(10)19)7-9-2-1-5-21-9/h1-6H,7H2,(H,16,18,20)/b10-6+. The Bertz CT molecular complexity index is 775. The molecule has 1 N–H and O–H groups in total. The Morgan fingerprint density at radius 3 is 2.68 bits per heavy atom. The van der Waals surface area contributed by atoms with E-state index in [1.807, 2.05) is 0 Å². The van der Waals surface area contributed by atoms with Crippen LogP contribution in [0.3, 0.4) is 0 Å². The number of barbiturate groups is 1. The summed E-state index contributed by atoms with van der Waals surface area (Å²) < 4.78 is 10.8. The monoisotopic (exact) mass is 364 g/mol. The number of nitrogens with one attached hydrogen (secondary N) is 1. The van der Waals surface area contributed by atoms with Gasteiger partial charge < -0.3 is 8.83 Å². The maximum Gasteiger partial charge on any atom is 0.331 e. The largest absolute Gasteiger partial charge is 0.467 e. The van der Waals surface area contributed by atoms with Gasteiger partial charge in [-0.05, 0) is 46.3 Å². The van der Waals surface area contributed by atoms with E-state index in [9.17, 15) is 14.4 Å². The number of amides is 4. The number of carbonyl (C=O) groups excluding carboxylic acids is 3. The van der Waals surface area contributed by atoms with Crippen molar-refractivity contribution < 1.29 is 23.2 Å². The second-order valence-corrected chi connectivity index (χ2v) is 5.21. The van der Waals surface area contributed by atoms with Gasteiger partial charge in [-0.25, -0.2) is 4.79 Å². The van der Waals surface area contributed by atoms with Gasteiger partial charge in [0.05, 0.1) is 12.8 Å². The van der Waals surface area contributed by atoms with Gasteiger partial charge in [-0.2, -0.15) is 0 Å². The third-order valence-electron chi connectivity index (χ3n) is 2.96. The molecule has 0 aliphatic carbocycles. The fourth-order valence-corrected chi connectivity index (χ4v) is 2.26. The first-order chi connectivity index (χ1) is 10.5. The number of furan rings is 2. The quantitative estimate of drug-likeness (QED) is 0.666. The van der Waals surface area contributed by atoms with Crippen molar-refractivity contribution in [1.82, 2.24) is 10.2 Å². The fourth-order valence-electron chi connectivity index (χ4n) is 1.94. The normalized spacial score (nSPS) is 17.2. The Labute approximate surface area is 132 Å². The highest BCUT2D eigenvalue weighted by Crippen LogP contribution is 2.20. The second kappa shape index (κ2) is 5.64. The molecule has 3 rings (SSSR count). The van der Waals surface area contributed by atoms with E-state index in [0.29, 0.717) is 16.2 Å². The van der Waals surface area contributed by atoms with Crippen LogP contribution in [0.15, 0.2) is 49.6 Å². The first-order valence-electron chi connectivity index (χ1n) is 6.21. The molecule has 1 aliphatic rings. The number of urea groups is 1. The molecule has 3 heterocycles. The van der Waals surface area contributed by atoms with Crippen molar-refractivity contribution in [3.63, 3.8) is 0 Å². The van der Waals surface area contributed by atoms with E-state index >= 15 is 0 Å². The number of nitrogens with zero attached hydrogens (tertiary/aromatic N) is 1. The van der Waals surface area contributed by atoms with Gasteiger partial charge in [-0.15, -0.1) is 0 Å². The third kappa shape index (κ3) is 2.73. The topological polar surface area (TPSA) is 92.8 Å². The van der Waals surface area contributed by atoms with Crippen LogP contribution in [0, 0.1) is 0 Å². The van der Waals surface area contributed by atoms with Crippen LogP contribution in [-0.2, 0) is 16.1 Å². The van der Waals surface area contributed by atoms with Crippen LogP contribution in [0.5, 0.6) is 0 Å². The fraction of sp³-hybridized carbons (Fsp3) is 0.0714. The van der Waals surface area contributed by atoms with Crippen molar-refractivity contribution >= 4 is 39.9 Å². The summed E-state index contributed by atoms with van der Waals surface area (Å²) in [6.45, 7) is -0.0653. The highest BCUT2D eigenvalue weighted by molar-refractivity contribution is 9.10. The Morgan fingerprint density at radius 1 is 1.23 bits per heavy atom. The van der Waals surface area contributed by atoms with Crippen LogP contribution in [-0.4, -0.2) is 22.7 Å². The van der Waals surface area contributed by atoms with Gasteiger partial charge in [0.25, 0.3) is 11.8 Å². The molecule has 0 bridgehead atoms. The number of imide groups is 2. The van der Waals surface area contributed by atoms with Crippen LogP contribution in [0.25, 0.3) is 6.08 Å². The molecule has 7 nitrogen and oxygen atoms in total. The Morgan fingerprint density at radius 2 is 2.05 bits per heavy atom. The summed E-state index contributed by atoms with van der Waals surface area (Å²) in [6.07, 6.45) is 2.72. The molecule has 0 aromatic carbocycles. The number of hydrogen-bond acceptors (Lipinski definition) is 5. The van der Waals surface area contributed by atoms with Crippen molar-refractivity contribution in [2.45, 2.75) is 6.54 Å². The molecule has 112 valence electrons. The van der Waals surface area contributed by atoms with Crippen LogP contribution < -0.4 is 5.32 Å². The van der Waals surface area contributed by atoms with Gasteiger partial charge in [-0.3, -0.25) is 19.8 Å². The summed E-state index contributed by atoms with van der Waals surface area (Å²) in [4.78, 5) is 36.9. The van der Waals surface area contributed by atoms with Crippen molar-refractivity contribution in [3.8, 4) is 0 Å². The van der Waals surface area contributed by atoms with Crippen LogP contribution >= 0.6 is 15.9 Å². The molecule has 1 saturated heterocycles. The maximum atomic E-state index is 12.4. The van der Waals surface area contributed by atoms with Gasteiger partial charge >= 0.3 is 6.03 Å². The van der Waals surface area contributed by atoms with Crippen molar-refractivity contribution in [2.24, 2.45) is 0 Å². The molecule has 0 unspecified atom stereocenters. The SMILES string of the molecule is O=C1NC(=O)N(Cc2ccco2)C(=O)/C1=C/c1ccc(Br)o1. The summed E-state index contributed by atoms with van der Waals surface area (Å²) in [5.74, 6) is -0.730. The number of rotatable bonds is 3. The summed E-state index contributed by atoms with van der Waals surface area (Å²) in [5, 5.41) is 2.11. The molecular formula is C14H9BrN2O5. The molecule has 0 radical (unpaired) electrons. The minimum Gasteiger partial charge on any atom is -0.467 e. The third-order valence-corrected chi connectivity index (χ3v) is 3.39. The Hall–Kier alpha value is -2.61. The number of hydrogen-bond donors (Lipinski definition) is 1. The lowest BCUT2D eigenvalue weighted by Gasteiger charge is -2.25. The molecule has 0 saturated carbocycles. The van der Waals surface area contributed by atoms with Gasteiger partial charge in [0.15, 0.2) is 4.67 Å². The molecule has 0 spiro atoms. The van der Waals surface area contributed by atoms with E-state index in [-0.39, 0.29) is 12.1 Å². The maximum absolute atomic E-state index is 12.4. The molecule has 22 heavy (non-hydrogen) atoms. The number of halogens is 1. The minimum absolute atomic E-state index is 0.0653. The molecule has 0 atom stereocenters. The van der Waals surface area contributed by atoms with E-state index in [4.69, 9.17) is 8.83 Å². The van der Waals surface area contributed by atoms with E-state index < -0.39 is 17.8 Å². The molecule has 2 aromatic heterocycles. The Balaban J connectivity index is 1.90. The van der Waals surface area contributed by atoms with Gasteiger partial charge in [0.1, 0.15) is 17.1 Å². The molecule has 1 fully saturated rings. The first-order valence-corrected chi connectivity index (χ1v) is 7.00. The molecular weight excluding hydrogens is 356 g/mol. The van der Waals surface area contributed by atoms with E-state index in [0.717, 1.165) is 4.90 Å². The van der Waals surface area contributed by atoms with Crippen LogP contribution in [0.1, 0.15) is 11.5 Å². The lowest BCUT2D eigenvalue weighted by atomic mass is 10.1. The second-order valence-electron chi connectivity index (χ2n) is 4.43. The van der Waals surface area contributed by atoms with Crippen LogP contribution in [0.4, 0.5) is 4.79 Å². The first kappa shape index (κ1) is 14.3. The van der Waals surface area contributed by atoms with Crippen molar-refractivity contribution in [2.75, 3.05) is 0 Å².